The SMILES string of the molecule is CCCC(NC(=O)c1cscn1)C(N)=NO. The number of nitrogens with two attached hydrogens (primary N) is 1. The van der Waals surface area contributed by atoms with Crippen LogP contribution >= 0.6 is 11.3 Å². The van der Waals surface area contributed by atoms with Crippen LogP contribution in [-0.2, 0) is 0 Å². The minimum Gasteiger partial charge on any atom is -0.409 e. The number of thiazole rings is 1. The van der Waals surface area contributed by atoms with Crippen molar-refractivity contribution >= 4 is 23.1 Å². The van der Waals surface area contributed by atoms with E-state index in [1.807, 2.05) is 6.92 Å². The summed E-state index contributed by atoms with van der Waals surface area (Å²) in [6.07, 6.45) is 1.43. The molecule has 1 aromatic heterocycles. The highest BCUT2D eigenvalue weighted by atomic mass is 32.1. The second-order valence-electron chi connectivity index (χ2n) is 3.21. The average molecular weight is 242 g/mol. The molecular formula is C9H14N4O2S. The molecule has 16 heavy (non-hydrogen) atoms. The number of oxime groups is 1. The van der Waals surface area contributed by atoms with Crippen LogP contribution in [0.2, 0.25) is 0 Å². The Morgan fingerprint density at radius 2 is 2.56 bits per heavy atom. The summed E-state index contributed by atoms with van der Waals surface area (Å²) in [5, 5.41) is 15.8. The molecule has 0 fully saturated rings. The molecule has 0 aliphatic heterocycles. The fraction of sp³-hybridized carbons (Fsp3) is 0.444. The third-order valence-electron chi connectivity index (χ3n) is 2.02. The van der Waals surface area contributed by atoms with Gasteiger partial charge < -0.3 is 16.3 Å². The maximum absolute atomic E-state index is 11.7. The van der Waals surface area contributed by atoms with Crippen LogP contribution in [0.4, 0.5) is 0 Å². The lowest BCUT2D eigenvalue weighted by Gasteiger charge is -2.15. The van der Waals surface area contributed by atoms with Crippen LogP contribution in [0.3, 0.4) is 0 Å². The summed E-state index contributed by atoms with van der Waals surface area (Å²) in [6, 6.07) is -0.454. The lowest BCUT2D eigenvalue weighted by Crippen LogP contribution is -2.44. The Labute approximate surface area is 97.2 Å². The molecule has 1 atom stereocenters. The summed E-state index contributed by atoms with van der Waals surface area (Å²) < 4.78 is 0. The summed E-state index contributed by atoms with van der Waals surface area (Å²) in [5.41, 5.74) is 7.39. The van der Waals surface area contributed by atoms with Crippen molar-refractivity contribution in [3.8, 4) is 0 Å². The normalized spacial score (nSPS) is 13.4. The predicted octanol–water partition coefficient (Wildman–Crippen LogP) is 0.788. The second-order valence-corrected chi connectivity index (χ2v) is 3.93. The molecule has 1 heterocycles. The molecule has 0 bridgehead atoms. The highest BCUT2D eigenvalue weighted by molar-refractivity contribution is 7.07. The maximum Gasteiger partial charge on any atom is 0.271 e. The quantitative estimate of drug-likeness (QED) is 0.307. The fourth-order valence-corrected chi connectivity index (χ4v) is 1.74. The maximum atomic E-state index is 11.7. The number of carbonyl (C=O) groups is 1. The van der Waals surface area contributed by atoms with Crippen LogP contribution in [0.5, 0.6) is 0 Å². The van der Waals surface area contributed by atoms with Gasteiger partial charge in [0.05, 0.1) is 11.6 Å². The van der Waals surface area contributed by atoms with E-state index < -0.39 is 6.04 Å². The van der Waals surface area contributed by atoms with E-state index in [2.05, 4.69) is 15.5 Å². The second kappa shape index (κ2) is 6.06. The van der Waals surface area contributed by atoms with E-state index in [-0.39, 0.29) is 11.7 Å². The molecular weight excluding hydrogens is 228 g/mol. The van der Waals surface area contributed by atoms with E-state index in [9.17, 15) is 4.79 Å². The average Bonchev–Trinajstić information content (AvgIpc) is 2.80. The van der Waals surface area contributed by atoms with Gasteiger partial charge in [0.1, 0.15) is 5.69 Å². The molecule has 7 heteroatoms. The van der Waals surface area contributed by atoms with Crippen LogP contribution < -0.4 is 11.1 Å². The Hall–Kier alpha value is -1.63. The van der Waals surface area contributed by atoms with Crippen molar-refractivity contribution in [2.45, 2.75) is 25.8 Å². The van der Waals surface area contributed by atoms with Gasteiger partial charge in [-0.15, -0.1) is 11.3 Å². The van der Waals surface area contributed by atoms with Gasteiger partial charge in [-0.25, -0.2) is 4.98 Å². The zero-order valence-corrected chi connectivity index (χ0v) is 9.70. The fourth-order valence-electron chi connectivity index (χ4n) is 1.21. The lowest BCUT2D eigenvalue weighted by molar-refractivity contribution is 0.0940. The highest BCUT2D eigenvalue weighted by Gasteiger charge is 2.17. The number of nitrogens with zero attached hydrogens (tertiary/aromatic N) is 2. The molecule has 1 unspecified atom stereocenters. The molecule has 0 aliphatic carbocycles. The van der Waals surface area contributed by atoms with Crippen molar-refractivity contribution in [1.82, 2.24) is 10.3 Å². The van der Waals surface area contributed by atoms with E-state index in [4.69, 9.17) is 10.9 Å². The summed E-state index contributed by atoms with van der Waals surface area (Å²) in [7, 11) is 0. The zero-order valence-electron chi connectivity index (χ0n) is 8.88. The van der Waals surface area contributed by atoms with Gasteiger partial charge in [-0.05, 0) is 6.42 Å². The molecule has 1 rings (SSSR count). The molecule has 1 aromatic rings. The summed E-state index contributed by atoms with van der Waals surface area (Å²) >= 11 is 1.34. The van der Waals surface area contributed by atoms with Crippen molar-refractivity contribution in [1.29, 1.82) is 0 Å². The number of nitrogens with one attached hydrogen (secondary N) is 1. The Balaban J connectivity index is 2.65. The van der Waals surface area contributed by atoms with Crippen molar-refractivity contribution in [3.63, 3.8) is 0 Å². The van der Waals surface area contributed by atoms with Crippen molar-refractivity contribution < 1.29 is 10.0 Å². The van der Waals surface area contributed by atoms with Gasteiger partial charge in [0.2, 0.25) is 0 Å². The molecule has 88 valence electrons. The monoisotopic (exact) mass is 242 g/mol. The van der Waals surface area contributed by atoms with E-state index in [0.717, 1.165) is 6.42 Å². The minimum absolute atomic E-state index is 0.00503. The molecule has 0 aromatic carbocycles. The van der Waals surface area contributed by atoms with Crippen LogP contribution in [0.25, 0.3) is 0 Å². The standard InChI is InChI=1S/C9H14N4O2S/c1-2-3-6(8(10)13-15)12-9(14)7-4-16-5-11-7/h4-6,15H,2-3H2,1H3,(H2,10,13)(H,12,14). The number of rotatable bonds is 5. The topological polar surface area (TPSA) is 101 Å². The smallest absolute Gasteiger partial charge is 0.271 e. The predicted molar refractivity (Wildman–Crippen MR) is 61.7 cm³/mol. The first-order valence-electron chi connectivity index (χ1n) is 4.85. The Morgan fingerprint density at radius 3 is 3.06 bits per heavy atom. The summed E-state index contributed by atoms with van der Waals surface area (Å²) in [4.78, 5) is 15.5. The van der Waals surface area contributed by atoms with E-state index in [1.165, 1.54) is 11.3 Å². The van der Waals surface area contributed by atoms with Crippen molar-refractivity contribution in [3.05, 3.63) is 16.6 Å². The van der Waals surface area contributed by atoms with Crippen LogP contribution in [0, 0.1) is 0 Å². The molecule has 0 saturated carbocycles. The molecule has 4 N–H and O–H groups in total. The third kappa shape index (κ3) is 3.20. The van der Waals surface area contributed by atoms with Gasteiger partial charge in [-0.2, -0.15) is 0 Å². The number of aromatic nitrogens is 1. The lowest BCUT2D eigenvalue weighted by atomic mass is 10.1. The highest BCUT2D eigenvalue weighted by Crippen LogP contribution is 2.03. The first kappa shape index (κ1) is 12.4. The molecule has 0 aliphatic rings. The third-order valence-corrected chi connectivity index (χ3v) is 2.61. The van der Waals surface area contributed by atoms with E-state index in [1.54, 1.807) is 10.9 Å². The van der Waals surface area contributed by atoms with Gasteiger partial charge >= 0.3 is 0 Å². The van der Waals surface area contributed by atoms with Gasteiger partial charge in [-0.1, -0.05) is 18.5 Å². The van der Waals surface area contributed by atoms with Crippen LogP contribution in [-0.4, -0.2) is 28.0 Å². The largest absolute Gasteiger partial charge is 0.409 e. The number of hydrogen-bond acceptors (Lipinski definition) is 5. The summed E-state index contributed by atoms with van der Waals surface area (Å²) in [6.45, 7) is 1.95. The summed E-state index contributed by atoms with van der Waals surface area (Å²) in [5.74, 6) is -0.309. The van der Waals surface area contributed by atoms with E-state index >= 15 is 0 Å². The number of carbonyl (C=O) groups excluding carboxylic acids is 1. The molecule has 1 amide bonds. The molecule has 0 saturated heterocycles. The Kier molecular flexibility index (Phi) is 4.71. The molecule has 0 radical (unpaired) electrons. The number of hydrogen-bond donors (Lipinski definition) is 3. The van der Waals surface area contributed by atoms with Gasteiger partial charge in [0, 0.05) is 5.38 Å². The van der Waals surface area contributed by atoms with Crippen molar-refractivity contribution in [2.24, 2.45) is 10.9 Å². The minimum atomic E-state index is -0.454. The number of amidine groups is 1. The molecule has 0 spiro atoms. The van der Waals surface area contributed by atoms with Crippen LogP contribution in [0.15, 0.2) is 16.0 Å². The van der Waals surface area contributed by atoms with Gasteiger partial charge in [0.15, 0.2) is 5.84 Å². The van der Waals surface area contributed by atoms with Crippen molar-refractivity contribution in [2.75, 3.05) is 0 Å². The van der Waals surface area contributed by atoms with Gasteiger partial charge in [0.25, 0.3) is 5.91 Å². The number of amides is 1. The first-order valence-corrected chi connectivity index (χ1v) is 5.79. The van der Waals surface area contributed by atoms with Crippen LogP contribution in [0.1, 0.15) is 30.3 Å². The van der Waals surface area contributed by atoms with Gasteiger partial charge in [-0.3, -0.25) is 4.79 Å². The van der Waals surface area contributed by atoms with E-state index in [0.29, 0.717) is 12.1 Å². The molecule has 6 nitrogen and oxygen atoms in total. The first-order chi connectivity index (χ1) is 7.69. The Bertz CT molecular complexity index is 364. The Morgan fingerprint density at radius 1 is 1.81 bits per heavy atom. The zero-order chi connectivity index (χ0) is 12.0.